The van der Waals surface area contributed by atoms with Crippen molar-refractivity contribution in [2.75, 3.05) is 26.2 Å². The fourth-order valence-corrected chi connectivity index (χ4v) is 3.26. The molecule has 118 valence electrons. The Morgan fingerprint density at radius 1 is 1.14 bits per heavy atom. The molecular formula is C15H20F3IN2. The van der Waals surface area contributed by atoms with Crippen LogP contribution in [0, 0.1) is 3.57 Å². The Morgan fingerprint density at radius 2 is 1.71 bits per heavy atom. The molecule has 1 aromatic rings. The van der Waals surface area contributed by atoms with Crippen LogP contribution in [0.3, 0.4) is 0 Å². The zero-order chi connectivity index (χ0) is 15.5. The van der Waals surface area contributed by atoms with Crippen LogP contribution in [-0.2, 0) is 5.41 Å². The van der Waals surface area contributed by atoms with Crippen LogP contribution in [0.4, 0.5) is 13.2 Å². The van der Waals surface area contributed by atoms with Crippen LogP contribution in [0.1, 0.15) is 24.8 Å². The molecule has 21 heavy (non-hydrogen) atoms. The molecule has 2 rings (SSSR count). The lowest BCUT2D eigenvalue weighted by Crippen LogP contribution is -2.47. The number of piperidine rings is 1. The SMILES string of the molecule is NCC1(c2ccc(I)cc2)CCN(CCC(F)(F)F)CC1. The van der Waals surface area contributed by atoms with Gasteiger partial charge in [-0.15, -0.1) is 0 Å². The summed E-state index contributed by atoms with van der Waals surface area (Å²) < 4.78 is 38.0. The summed E-state index contributed by atoms with van der Waals surface area (Å²) in [6, 6.07) is 8.31. The largest absolute Gasteiger partial charge is 0.390 e. The van der Waals surface area contributed by atoms with Crippen molar-refractivity contribution in [3.8, 4) is 0 Å². The molecular weight excluding hydrogens is 392 g/mol. The molecule has 1 aliphatic heterocycles. The number of hydrogen-bond donors (Lipinski definition) is 1. The minimum absolute atomic E-state index is 0.0843. The zero-order valence-electron chi connectivity index (χ0n) is 11.8. The van der Waals surface area contributed by atoms with Crippen molar-refractivity contribution >= 4 is 22.6 Å². The third-order valence-electron chi connectivity index (χ3n) is 4.37. The highest BCUT2D eigenvalue weighted by Gasteiger charge is 2.36. The summed E-state index contributed by atoms with van der Waals surface area (Å²) in [5.74, 6) is 0. The number of likely N-dealkylation sites (tertiary alicyclic amines) is 1. The number of rotatable bonds is 4. The number of hydrogen-bond acceptors (Lipinski definition) is 2. The maximum absolute atomic E-state index is 12.3. The first-order valence-corrected chi connectivity index (χ1v) is 8.18. The van der Waals surface area contributed by atoms with E-state index in [2.05, 4.69) is 46.9 Å². The van der Waals surface area contributed by atoms with Gasteiger partial charge in [-0.05, 0) is 66.2 Å². The highest BCUT2D eigenvalue weighted by molar-refractivity contribution is 14.1. The monoisotopic (exact) mass is 412 g/mol. The van der Waals surface area contributed by atoms with Gasteiger partial charge in [0, 0.05) is 22.1 Å². The topological polar surface area (TPSA) is 29.3 Å². The third-order valence-corrected chi connectivity index (χ3v) is 5.09. The molecule has 1 saturated heterocycles. The first-order chi connectivity index (χ1) is 9.85. The van der Waals surface area contributed by atoms with Crippen molar-refractivity contribution in [2.24, 2.45) is 5.73 Å². The van der Waals surface area contributed by atoms with Crippen LogP contribution < -0.4 is 5.73 Å². The van der Waals surface area contributed by atoms with Crippen LogP contribution in [-0.4, -0.2) is 37.3 Å². The number of nitrogens with zero attached hydrogens (tertiary/aromatic N) is 1. The average molecular weight is 412 g/mol. The van der Waals surface area contributed by atoms with E-state index in [1.807, 2.05) is 4.90 Å². The smallest absolute Gasteiger partial charge is 0.330 e. The maximum Gasteiger partial charge on any atom is 0.390 e. The second-order valence-corrected chi connectivity index (χ2v) is 6.94. The molecule has 2 nitrogen and oxygen atoms in total. The average Bonchev–Trinajstić information content (AvgIpc) is 2.46. The summed E-state index contributed by atoms with van der Waals surface area (Å²) in [5.41, 5.74) is 7.12. The predicted octanol–water partition coefficient (Wildman–Crippen LogP) is 3.54. The van der Waals surface area contributed by atoms with Crippen molar-refractivity contribution < 1.29 is 13.2 Å². The Bertz CT molecular complexity index is 451. The van der Waals surface area contributed by atoms with Crippen molar-refractivity contribution in [3.63, 3.8) is 0 Å². The van der Waals surface area contributed by atoms with Gasteiger partial charge >= 0.3 is 6.18 Å². The van der Waals surface area contributed by atoms with E-state index in [4.69, 9.17) is 5.73 Å². The van der Waals surface area contributed by atoms with E-state index in [0.717, 1.165) is 12.8 Å². The van der Waals surface area contributed by atoms with Crippen LogP contribution in [0.2, 0.25) is 0 Å². The van der Waals surface area contributed by atoms with E-state index in [0.29, 0.717) is 19.6 Å². The van der Waals surface area contributed by atoms with E-state index < -0.39 is 12.6 Å². The number of nitrogens with two attached hydrogens (primary N) is 1. The second kappa shape index (κ2) is 6.83. The number of alkyl halides is 3. The molecule has 1 aliphatic rings. The Labute approximate surface area is 137 Å². The minimum Gasteiger partial charge on any atom is -0.330 e. The molecule has 0 amide bonds. The van der Waals surface area contributed by atoms with Gasteiger partial charge in [0.15, 0.2) is 0 Å². The maximum atomic E-state index is 12.3. The molecule has 0 aliphatic carbocycles. The van der Waals surface area contributed by atoms with E-state index in [1.165, 1.54) is 9.13 Å². The quantitative estimate of drug-likeness (QED) is 0.767. The molecule has 1 aromatic carbocycles. The van der Waals surface area contributed by atoms with Gasteiger partial charge in [0.05, 0.1) is 6.42 Å². The number of benzene rings is 1. The van der Waals surface area contributed by atoms with Crippen LogP contribution in [0.15, 0.2) is 24.3 Å². The Morgan fingerprint density at radius 3 is 2.19 bits per heavy atom. The molecule has 0 radical (unpaired) electrons. The molecule has 0 spiro atoms. The minimum atomic E-state index is -4.07. The van der Waals surface area contributed by atoms with Gasteiger partial charge in [-0.1, -0.05) is 12.1 Å². The van der Waals surface area contributed by atoms with E-state index in [9.17, 15) is 13.2 Å². The number of halogens is 4. The first kappa shape index (κ1) is 17.0. The van der Waals surface area contributed by atoms with E-state index in [-0.39, 0.29) is 12.0 Å². The highest BCUT2D eigenvalue weighted by Crippen LogP contribution is 2.35. The predicted molar refractivity (Wildman–Crippen MR) is 86.2 cm³/mol. The van der Waals surface area contributed by atoms with Crippen molar-refractivity contribution in [2.45, 2.75) is 30.9 Å². The van der Waals surface area contributed by atoms with Gasteiger partial charge in [-0.2, -0.15) is 13.2 Å². The van der Waals surface area contributed by atoms with Gasteiger partial charge in [0.25, 0.3) is 0 Å². The summed E-state index contributed by atoms with van der Waals surface area (Å²) in [7, 11) is 0. The van der Waals surface area contributed by atoms with E-state index >= 15 is 0 Å². The summed E-state index contributed by atoms with van der Waals surface area (Å²) in [5, 5.41) is 0. The van der Waals surface area contributed by atoms with Gasteiger partial charge in [-0.25, -0.2) is 0 Å². The fraction of sp³-hybridized carbons (Fsp3) is 0.600. The molecule has 0 atom stereocenters. The fourth-order valence-electron chi connectivity index (χ4n) is 2.90. The van der Waals surface area contributed by atoms with Gasteiger partial charge < -0.3 is 10.6 Å². The summed E-state index contributed by atoms with van der Waals surface area (Å²) in [6.07, 6.45) is -3.16. The molecule has 1 heterocycles. The van der Waals surface area contributed by atoms with Crippen molar-refractivity contribution in [1.82, 2.24) is 4.90 Å². The third kappa shape index (κ3) is 4.56. The molecule has 0 bridgehead atoms. The lowest BCUT2D eigenvalue weighted by Gasteiger charge is -2.41. The summed E-state index contributed by atoms with van der Waals surface area (Å²) >= 11 is 2.26. The Balaban J connectivity index is 1.98. The first-order valence-electron chi connectivity index (χ1n) is 7.10. The molecule has 6 heteroatoms. The lowest BCUT2D eigenvalue weighted by molar-refractivity contribution is -0.138. The molecule has 1 fully saturated rings. The van der Waals surface area contributed by atoms with Crippen LogP contribution >= 0.6 is 22.6 Å². The molecule has 2 N–H and O–H groups in total. The van der Waals surface area contributed by atoms with Gasteiger partial charge in [0.1, 0.15) is 0 Å². The molecule has 0 unspecified atom stereocenters. The normalized spacial score (nSPS) is 19.7. The van der Waals surface area contributed by atoms with E-state index in [1.54, 1.807) is 0 Å². The van der Waals surface area contributed by atoms with Crippen molar-refractivity contribution in [1.29, 1.82) is 0 Å². The Hall–Kier alpha value is -0.340. The van der Waals surface area contributed by atoms with Gasteiger partial charge in [0.2, 0.25) is 0 Å². The van der Waals surface area contributed by atoms with Crippen LogP contribution in [0.25, 0.3) is 0 Å². The molecule has 0 aromatic heterocycles. The highest BCUT2D eigenvalue weighted by atomic mass is 127. The van der Waals surface area contributed by atoms with Crippen molar-refractivity contribution in [3.05, 3.63) is 33.4 Å². The second-order valence-electron chi connectivity index (χ2n) is 5.70. The molecule has 0 saturated carbocycles. The summed E-state index contributed by atoms with van der Waals surface area (Å²) in [6.45, 7) is 2.00. The zero-order valence-corrected chi connectivity index (χ0v) is 14.0. The standard InChI is InChI=1S/C15H20F3IN2/c16-15(17,18)7-10-21-8-5-14(11-20,6-9-21)12-1-3-13(19)4-2-12/h1-4H,5-11,20H2. The van der Waals surface area contributed by atoms with Gasteiger partial charge in [-0.3, -0.25) is 0 Å². The lowest BCUT2D eigenvalue weighted by atomic mass is 9.73. The Kier molecular flexibility index (Phi) is 5.54. The summed E-state index contributed by atoms with van der Waals surface area (Å²) in [4.78, 5) is 1.90. The van der Waals surface area contributed by atoms with Crippen LogP contribution in [0.5, 0.6) is 0 Å².